The molecule has 0 spiro atoms. The summed E-state index contributed by atoms with van der Waals surface area (Å²) in [7, 11) is 1.76. The summed E-state index contributed by atoms with van der Waals surface area (Å²) in [6.07, 6.45) is 2.54. The Hall–Kier alpha value is -1.13. The third-order valence-corrected chi connectivity index (χ3v) is 3.22. The standard InChI is InChI=1S/C13H20N2O2/c1-10-6-11(9-16)7-13(14-10)15-5-3-4-12(8-15)17-2/h6-7,12,16H,3-5,8-9H2,1-2H3. The van der Waals surface area contributed by atoms with Crippen molar-refractivity contribution in [3.05, 3.63) is 23.4 Å². The van der Waals surface area contributed by atoms with Gasteiger partial charge in [0.15, 0.2) is 0 Å². The van der Waals surface area contributed by atoms with Crippen LogP contribution in [0, 0.1) is 6.92 Å². The van der Waals surface area contributed by atoms with Crippen molar-refractivity contribution < 1.29 is 9.84 Å². The Morgan fingerprint density at radius 3 is 3.06 bits per heavy atom. The topological polar surface area (TPSA) is 45.6 Å². The van der Waals surface area contributed by atoms with E-state index in [9.17, 15) is 5.11 Å². The van der Waals surface area contributed by atoms with Crippen molar-refractivity contribution in [3.63, 3.8) is 0 Å². The monoisotopic (exact) mass is 236 g/mol. The molecule has 1 aliphatic rings. The van der Waals surface area contributed by atoms with Crippen molar-refractivity contribution in [1.29, 1.82) is 0 Å². The molecule has 4 heteroatoms. The maximum Gasteiger partial charge on any atom is 0.129 e. The normalized spacial score (nSPS) is 20.6. The molecule has 0 amide bonds. The summed E-state index contributed by atoms with van der Waals surface area (Å²) in [6.45, 7) is 3.93. The first-order chi connectivity index (χ1) is 8.22. The summed E-state index contributed by atoms with van der Waals surface area (Å²) in [5.41, 5.74) is 1.87. The number of piperidine rings is 1. The van der Waals surface area contributed by atoms with Crippen LogP contribution in [-0.2, 0) is 11.3 Å². The largest absolute Gasteiger partial charge is 0.392 e. The Morgan fingerprint density at radius 2 is 2.35 bits per heavy atom. The van der Waals surface area contributed by atoms with Gasteiger partial charge in [-0.15, -0.1) is 0 Å². The highest BCUT2D eigenvalue weighted by atomic mass is 16.5. The third-order valence-electron chi connectivity index (χ3n) is 3.22. The molecular formula is C13H20N2O2. The summed E-state index contributed by atoms with van der Waals surface area (Å²) in [5.74, 6) is 0.954. The molecule has 2 rings (SSSR count). The van der Waals surface area contributed by atoms with Crippen LogP contribution in [0.3, 0.4) is 0 Å². The lowest BCUT2D eigenvalue weighted by atomic mass is 10.1. The highest BCUT2D eigenvalue weighted by molar-refractivity contribution is 5.43. The van der Waals surface area contributed by atoms with Crippen LogP contribution in [0.4, 0.5) is 5.82 Å². The summed E-state index contributed by atoms with van der Waals surface area (Å²) in [6, 6.07) is 3.88. The van der Waals surface area contributed by atoms with Gasteiger partial charge in [-0.25, -0.2) is 4.98 Å². The van der Waals surface area contributed by atoms with E-state index >= 15 is 0 Å². The number of nitrogens with zero attached hydrogens (tertiary/aromatic N) is 2. The zero-order chi connectivity index (χ0) is 12.3. The SMILES string of the molecule is COC1CCCN(c2cc(CO)cc(C)n2)C1. The number of aliphatic hydroxyl groups excluding tert-OH is 1. The molecule has 1 aromatic rings. The first-order valence-electron chi connectivity index (χ1n) is 6.09. The molecule has 1 N–H and O–H groups in total. The Balaban J connectivity index is 2.18. The Labute approximate surface area is 102 Å². The van der Waals surface area contributed by atoms with E-state index in [1.54, 1.807) is 7.11 Å². The van der Waals surface area contributed by atoms with Crippen LogP contribution < -0.4 is 4.90 Å². The van der Waals surface area contributed by atoms with E-state index in [4.69, 9.17) is 4.74 Å². The molecule has 1 aromatic heterocycles. The molecule has 1 atom stereocenters. The zero-order valence-corrected chi connectivity index (χ0v) is 10.5. The molecule has 1 aliphatic heterocycles. The van der Waals surface area contributed by atoms with Crippen molar-refractivity contribution in [2.24, 2.45) is 0 Å². The Morgan fingerprint density at radius 1 is 1.53 bits per heavy atom. The van der Waals surface area contributed by atoms with Crippen LogP contribution in [0.2, 0.25) is 0 Å². The third kappa shape index (κ3) is 2.96. The van der Waals surface area contributed by atoms with Gasteiger partial charge in [0.1, 0.15) is 5.82 Å². The fourth-order valence-corrected chi connectivity index (χ4v) is 2.31. The second-order valence-corrected chi connectivity index (χ2v) is 4.58. The average Bonchev–Trinajstić information content (AvgIpc) is 2.38. The van der Waals surface area contributed by atoms with Gasteiger partial charge in [0, 0.05) is 25.9 Å². The number of anilines is 1. The highest BCUT2D eigenvalue weighted by Crippen LogP contribution is 2.21. The van der Waals surface area contributed by atoms with Gasteiger partial charge < -0.3 is 14.7 Å². The van der Waals surface area contributed by atoms with Crippen molar-refractivity contribution >= 4 is 5.82 Å². The summed E-state index contributed by atoms with van der Waals surface area (Å²) in [4.78, 5) is 6.77. The maximum absolute atomic E-state index is 9.21. The number of hydrogen-bond acceptors (Lipinski definition) is 4. The number of aromatic nitrogens is 1. The number of ether oxygens (including phenoxy) is 1. The van der Waals surface area contributed by atoms with Gasteiger partial charge in [-0.3, -0.25) is 0 Å². The van der Waals surface area contributed by atoms with Crippen molar-refractivity contribution in [2.45, 2.75) is 32.5 Å². The minimum absolute atomic E-state index is 0.0674. The minimum atomic E-state index is 0.0674. The molecule has 4 nitrogen and oxygen atoms in total. The van der Waals surface area contributed by atoms with Gasteiger partial charge in [-0.2, -0.15) is 0 Å². The summed E-state index contributed by atoms with van der Waals surface area (Å²) >= 11 is 0. The second kappa shape index (κ2) is 5.47. The summed E-state index contributed by atoms with van der Waals surface area (Å²) < 4.78 is 5.41. The fraction of sp³-hybridized carbons (Fsp3) is 0.615. The van der Waals surface area contributed by atoms with Gasteiger partial charge in [-0.05, 0) is 37.5 Å². The minimum Gasteiger partial charge on any atom is -0.392 e. The second-order valence-electron chi connectivity index (χ2n) is 4.58. The number of aliphatic hydroxyl groups is 1. The van der Waals surface area contributed by atoms with E-state index in [1.807, 2.05) is 19.1 Å². The lowest BCUT2D eigenvalue weighted by molar-refractivity contribution is 0.0891. The van der Waals surface area contributed by atoms with Crippen molar-refractivity contribution in [3.8, 4) is 0 Å². The molecule has 0 saturated carbocycles. The number of rotatable bonds is 3. The molecule has 0 bridgehead atoms. The molecule has 2 heterocycles. The van der Waals surface area contributed by atoms with E-state index < -0.39 is 0 Å². The lowest BCUT2D eigenvalue weighted by Crippen LogP contribution is -2.39. The maximum atomic E-state index is 9.21. The van der Waals surface area contributed by atoms with Crippen molar-refractivity contribution in [1.82, 2.24) is 4.98 Å². The van der Waals surface area contributed by atoms with Gasteiger partial charge in [0.2, 0.25) is 0 Å². The number of aryl methyl sites for hydroxylation is 1. The molecule has 17 heavy (non-hydrogen) atoms. The predicted molar refractivity (Wildman–Crippen MR) is 67.1 cm³/mol. The first-order valence-corrected chi connectivity index (χ1v) is 6.09. The molecular weight excluding hydrogens is 216 g/mol. The van der Waals surface area contributed by atoms with E-state index in [2.05, 4.69) is 9.88 Å². The van der Waals surface area contributed by atoms with E-state index in [0.29, 0.717) is 6.10 Å². The van der Waals surface area contributed by atoms with Crippen molar-refractivity contribution in [2.75, 3.05) is 25.1 Å². The van der Waals surface area contributed by atoms with E-state index in [-0.39, 0.29) is 6.61 Å². The van der Waals surface area contributed by atoms with Gasteiger partial charge in [0.05, 0.1) is 12.7 Å². The number of hydrogen-bond donors (Lipinski definition) is 1. The van der Waals surface area contributed by atoms with Crippen LogP contribution in [0.25, 0.3) is 0 Å². The fourth-order valence-electron chi connectivity index (χ4n) is 2.31. The molecule has 1 saturated heterocycles. The average molecular weight is 236 g/mol. The molecule has 0 aliphatic carbocycles. The van der Waals surface area contributed by atoms with Crippen LogP contribution in [-0.4, -0.2) is 36.4 Å². The van der Waals surface area contributed by atoms with Crippen LogP contribution >= 0.6 is 0 Å². The van der Waals surface area contributed by atoms with E-state index in [1.165, 1.54) is 0 Å². The van der Waals surface area contributed by atoms with Gasteiger partial charge in [-0.1, -0.05) is 0 Å². The quantitative estimate of drug-likeness (QED) is 0.864. The predicted octanol–water partition coefficient (Wildman–Crippen LogP) is 1.50. The Bertz CT molecular complexity index is 382. The smallest absolute Gasteiger partial charge is 0.129 e. The van der Waals surface area contributed by atoms with E-state index in [0.717, 1.165) is 43.0 Å². The molecule has 1 unspecified atom stereocenters. The van der Waals surface area contributed by atoms with Crippen LogP contribution in [0.5, 0.6) is 0 Å². The van der Waals surface area contributed by atoms with Crippen LogP contribution in [0.1, 0.15) is 24.1 Å². The molecule has 1 fully saturated rings. The Kier molecular flexibility index (Phi) is 3.97. The van der Waals surface area contributed by atoms with Gasteiger partial charge in [0.25, 0.3) is 0 Å². The summed E-state index contributed by atoms with van der Waals surface area (Å²) in [5, 5.41) is 9.21. The number of pyridine rings is 1. The van der Waals surface area contributed by atoms with Crippen LogP contribution in [0.15, 0.2) is 12.1 Å². The first kappa shape index (κ1) is 12.3. The lowest BCUT2D eigenvalue weighted by Gasteiger charge is -2.33. The van der Waals surface area contributed by atoms with Gasteiger partial charge >= 0.3 is 0 Å². The zero-order valence-electron chi connectivity index (χ0n) is 10.5. The number of methoxy groups -OCH3 is 1. The highest BCUT2D eigenvalue weighted by Gasteiger charge is 2.20. The molecule has 0 radical (unpaired) electrons. The molecule has 0 aromatic carbocycles. The molecule has 94 valence electrons.